The number of fused-ring (bicyclic) bond motifs is 3. The zero-order valence-electron chi connectivity index (χ0n) is 18.2. The van der Waals surface area contributed by atoms with E-state index in [0.717, 1.165) is 53.5 Å². The largest absolute Gasteiger partial charge is 0.336 e. The Morgan fingerprint density at radius 3 is 2.48 bits per heavy atom. The molecule has 2 saturated heterocycles. The molecule has 0 aliphatic carbocycles. The fourth-order valence-electron chi connectivity index (χ4n) is 4.98. The first-order valence-electron chi connectivity index (χ1n) is 11.4. The molecule has 162 valence electrons. The molecule has 2 unspecified atom stereocenters. The molecule has 2 fully saturated rings. The van der Waals surface area contributed by atoms with Crippen molar-refractivity contribution in [3.8, 4) is 23.0 Å². The van der Waals surface area contributed by atoms with Crippen molar-refractivity contribution in [1.82, 2.24) is 20.4 Å². The van der Waals surface area contributed by atoms with Crippen LogP contribution in [0.15, 0.2) is 72.8 Å². The van der Waals surface area contributed by atoms with E-state index in [9.17, 15) is 4.79 Å². The first-order chi connectivity index (χ1) is 16.2. The van der Waals surface area contributed by atoms with Crippen LogP contribution in [0.5, 0.6) is 0 Å². The Hall–Kier alpha value is -3.88. The summed E-state index contributed by atoms with van der Waals surface area (Å²) in [6.45, 7) is 1.56. The lowest BCUT2D eigenvalue weighted by Crippen LogP contribution is -2.53. The molecule has 0 radical (unpaired) electrons. The maximum atomic E-state index is 13.2. The van der Waals surface area contributed by atoms with Gasteiger partial charge in [-0.1, -0.05) is 54.5 Å². The number of aromatic amines is 1. The number of carbonyl (C=O) groups is 1. The van der Waals surface area contributed by atoms with Gasteiger partial charge in [0, 0.05) is 41.7 Å². The second-order valence-electron chi connectivity index (χ2n) is 8.84. The fraction of sp³-hybridized carbons (Fsp3) is 0.214. The molecule has 0 spiro atoms. The second kappa shape index (κ2) is 8.23. The Morgan fingerprint density at radius 2 is 1.67 bits per heavy atom. The third kappa shape index (κ3) is 3.79. The van der Waals surface area contributed by atoms with Crippen LogP contribution in [0.3, 0.4) is 0 Å². The zero-order valence-corrected chi connectivity index (χ0v) is 18.2. The van der Waals surface area contributed by atoms with Crippen LogP contribution < -0.4 is 5.32 Å². The van der Waals surface area contributed by atoms with Gasteiger partial charge in [-0.2, -0.15) is 5.10 Å². The molecule has 3 aromatic carbocycles. The number of carbonyl (C=O) groups excluding carboxylic acids is 1. The van der Waals surface area contributed by atoms with Gasteiger partial charge in [-0.05, 0) is 54.2 Å². The van der Waals surface area contributed by atoms with Gasteiger partial charge in [-0.3, -0.25) is 9.89 Å². The molecule has 4 aromatic rings. The van der Waals surface area contributed by atoms with Crippen molar-refractivity contribution >= 4 is 16.8 Å². The molecule has 2 aliphatic heterocycles. The lowest BCUT2D eigenvalue weighted by molar-refractivity contribution is 0.0697. The standard InChI is InChI=1S/C28H24N4O/c33-28(32-17-22-12-13-23(18-32)29-22)21-11-15-27-25(16-21)26(30-31-27)14-10-20-8-4-5-9-24(20)19-6-2-1-3-7-19/h1-9,11,15-16,22-23,29H,12-13,17-18H2,(H,30,31). The van der Waals surface area contributed by atoms with Crippen molar-refractivity contribution in [1.29, 1.82) is 0 Å². The highest BCUT2D eigenvalue weighted by Crippen LogP contribution is 2.25. The number of piperazine rings is 1. The van der Waals surface area contributed by atoms with Crippen LogP contribution in [-0.2, 0) is 0 Å². The highest BCUT2D eigenvalue weighted by Gasteiger charge is 2.34. The van der Waals surface area contributed by atoms with Crippen LogP contribution in [0.1, 0.15) is 34.5 Å². The minimum atomic E-state index is 0.0878. The Kier molecular flexibility index (Phi) is 4.93. The summed E-state index contributed by atoms with van der Waals surface area (Å²) in [5, 5.41) is 11.9. The number of likely N-dealkylation sites (tertiary alicyclic amines) is 1. The third-order valence-corrected chi connectivity index (χ3v) is 6.64. The minimum absolute atomic E-state index is 0.0878. The number of amides is 1. The fourth-order valence-corrected chi connectivity index (χ4v) is 4.98. The van der Waals surface area contributed by atoms with Crippen LogP contribution in [-0.4, -0.2) is 46.2 Å². The van der Waals surface area contributed by atoms with E-state index in [1.165, 1.54) is 0 Å². The summed E-state index contributed by atoms with van der Waals surface area (Å²) >= 11 is 0. The van der Waals surface area contributed by atoms with Gasteiger partial charge < -0.3 is 10.2 Å². The van der Waals surface area contributed by atoms with Gasteiger partial charge in [-0.15, -0.1) is 0 Å². The normalized spacial score (nSPS) is 19.3. The monoisotopic (exact) mass is 432 g/mol. The first kappa shape index (κ1) is 19.8. The van der Waals surface area contributed by atoms with Crippen molar-refractivity contribution in [3.63, 3.8) is 0 Å². The number of rotatable bonds is 2. The van der Waals surface area contributed by atoms with Gasteiger partial charge in [0.25, 0.3) is 5.91 Å². The van der Waals surface area contributed by atoms with Crippen molar-refractivity contribution in [3.05, 3.63) is 89.6 Å². The summed E-state index contributed by atoms with van der Waals surface area (Å²) in [6.07, 6.45) is 2.30. The molecule has 0 saturated carbocycles. The Labute approximate surface area is 192 Å². The van der Waals surface area contributed by atoms with E-state index in [-0.39, 0.29) is 5.91 Å². The molecular weight excluding hydrogens is 408 g/mol. The van der Waals surface area contributed by atoms with E-state index in [2.05, 4.69) is 45.6 Å². The van der Waals surface area contributed by atoms with E-state index in [1.807, 2.05) is 59.5 Å². The van der Waals surface area contributed by atoms with Crippen molar-refractivity contribution in [2.45, 2.75) is 24.9 Å². The van der Waals surface area contributed by atoms with E-state index in [4.69, 9.17) is 0 Å². The summed E-state index contributed by atoms with van der Waals surface area (Å²) in [4.78, 5) is 15.2. The lowest BCUT2D eigenvalue weighted by Gasteiger charge is -2.33. The third-order valence-electron chi connectivity index (χ3n) is 6.64. The van der Waals surface area contributed by atoms with Gasteiger partial charge in [-0.25, -0.2) is 0 Å². The highest BCUT2D eigenvalue weighted by molar-refractivity contribution is 5.99. The SMILES string of the molecule is O=C(c1ccc2[nH]nc(C#Cc3ccccc3-c3ccccc3)c2c1)N1CC2CCC(C1)N2. The van der Waals surface area contributed by atoms with Crippen molar-refractivity contribution < 1.29 is 4.79 Å². The maximum absolute atomic E-state index is 13.2. The summed E-state index contributed by atoms with van der Waals surface area (Å²) in [7, 11) is 0. The van der Waals surface area contributed by atoms with Gasteiger partial charge in [0.05, 0.1) is 5.52 Å². The molecule has 2 bridgehead atoms. The molecule has 2 N–H and O–H groups in total. The zero-order chi connectivity index (χ0) is 22.2. The lowest BCUT2D eigenvalue weighted by atomic mass is 10.00. The van der Waals surface area contributed by atoms with Gasteiger partial charge in [0.2, 0.25) is 0 Å². The van der Waals surface area contributed by atoms with Gasteiger partial charge >= 0.3 is 0 Å². The number of hydrogen-bond acceptors (Lipinski definition) is 3. The summed E-state index contributed by atoms with van der Waals surface area (Å²) in [5.74, 6) is 6.63. The Morgan fingerprint density at radius 1 is 0.909 bits per heavy atom. The van der Waals surface area contributed by atoms with Crippen LogP contribution in [0.2, 0.25) is 0 Å². The summed E-state index contributed by atoms with van der Waals surface area (Å²) in [6, 6.07) is 25.0. The van der Waals surface area contributed by atoms with Gasteiger partial charge in [0.1, 0.15) is 5.69 Å². The highest BCUT2D eigenvalue weighted by atomic mass is 16.2. The molecule has 5 nitrogen and oxygen atoms in total. The van der Waals surface area contributed by atoms with Crippen LogP contribution in [0.4, 0.5) is 0 Å². The molecule has 3 heterocycles. The average Bonchev–Trinajstić information content (AvgIpc) is 3.44. The molecule has 1 aromatic heterocycles. The van der Waals surface area contributed by atoms with Crippen molar-refractivity contribution in [2.24, 2.45) is 0 Å². The van der Waals surface area contributed by atoms with Gasteiger partial charge in [0.15, 0.2) is 0 Å². The van der Waals surface area contributed by atoms with E-state index in [1.54, 1.807) is 0 Å². The molecule has 2 atom stereocenters. The number of benzene rings is 3. The predicted octanol–water partition coefficient (Wildman–Crippen LogP) is 4.21. The maximum Gasteiger partial charge on any atom is 0.253 e. The first-order valence-corrected chi connectivity index (χ1v) is 11.4. The molecule has 6 rings (SSSR count). The molecule has 33 heavy (non-hydrogen) atoms. The number of H-pyrrole nitrogens is 1. The number of hydrogen-bond donors (Lipinski definition) is 2. The van der Waals surface area contributed by atoms with E-state index in [0.29, 0.717) is 23.3 Å². The van der Waals surface area contributed by atoms with Crippen LogP contribution in [0, 0.1) is 11.8 Å². The average molecular weight is 433 g/mol. The number of nitrogens with one attached hydrogen (secondary N) is 2. The molecule has 2 aliphatic rings. The Balaban J connectivity index is 1.32. The van der Waals surface area contributed by atoms with Crippen molar-refractivity contribution in [2.75, 3.05) is 13.1 Å². The molecule has 1 amide bonds. The van der Waals surface area contributed by atoms with E-state index < -0.39 is 0 Å². The molecular formula is C28H24N4O. The predicted molar refractivity (Wildman–Crippen MR) is 130 cm³/mol. The number of aromatic nitrogens is 2. The smallest absolute Gasteiger partial charge is 0.253 e. The minimum Gasteiger partial charge on any atom is -0.336 e. The Bertz CT molecular complexity index is 1380. The van der Waals surface area contributed by atoms with Crippen LogP contribution >= 0.6 is 0 Å². The van der Waals surface area contributed by atoms with E-state index >= 15 is 0 Å². The number of nitrogens with zero attached hydrogens (tertiary/aromatic N) is 2. The summed E-state index contributed by atoms with van der Waals surface area (Å²) in [5.41, 5.74) is 5.40. The quantitative estimate of drug-likeness (QED) is 0.467. The summed E-state index contributed by atoms with van der Waals surface area (Å²) < 4.78 is 0. The second-order valence-corrected chi connectivity index (χ2v) is 8.84. The van der Waals surface area contributed by atoms with Crippen LogP contribution in [0.25, 0.3) is 22.0 Å². The molecule has 5 heteroatoms. The topological polar surface area (TPSA) is 61.0 Å².